The molecule has 2 aromatic carbocycles. The smallest absolute Gasteiger partial charge is 0.216 e. The molecular weight excluding hydrogens is 396 g/mol. The van der Waals surface area contributed by atoms with Gasteiger partial charge in [-0.25, -0.2) is 9.97 Å². The molecule has 4 rings (SSSR count). The number of carbonyl (C=O) groups excluding carboxylic acids is 2. The van der Waals surface area contributed by atoms with Gasteiger partial charge in [0.2, 0.25) is 5.91 Å². The number of carbonyl (C=O) groups is 2. The minimum Gasteiger partial charge on any atom is -0.356 e. The molecule has 0 unspecified atom stereocenters. The Kier molecular flexibility index (Phi) is 5.90. The number of hydrogen-bond acceptors (Lipinski definition) is 5. The van der Waals surface area contributed by atoms with Crippen molar-refractivity contribution in [2.45, 2.75) is 11.9 Å². The Hall–Kier alpha value is -3.45. The third-order valence-corrected chi connectivity index (χ3v) is 5.54. The van der Waals surface area contributed by atoms with Gasteiger partial charge < -0.3 is 5.32 Å². The van der Waals surface area contributed by atoms with Crippen molar-refractivity contribution < 1.29 is 9.59 Å². The molecule has 150 valence electrons. The van der Waals surface area contributed by atoms with E-state index in [1.165, 1.54) is 6.92 Å². The van der Waals surface area contributed by atoms with Gasteiger partial charge in [0.1, 0.15) is 11.3 Å². The minimum atomic E-state index is -0.0476. The maximum Gasteiger partial charge on any atom is 0.216 e. The zero-order valence-electron chi connectivity index (χ0n) is 16.4. The Balaban J connectivity index is 1.78. The summed E-state index contributed by atoms with van der Waals surface area (Å²) in [6.45, 7) is 2.07. The standard InChI is InChI=1S/C23H20N4O2S/c1-16(29)24-11-12-30-23-22-25-13-21(19-9-7-17(15-28)8-10-19)27(22)14-20(26-23)18-5-3-2-4-6-18/h2-10,13-15H,11-12H2,1H3,(H,24,29). The summed E-state index contributed by atoms with van der Waals surface area (Å²) in [6.07, 6.45) is 4.64. The summed E-state index contributed by atoms with van der Waals surface area (Å²) in [7, 11) is 0. The summed E-state index contributed by atoms with van der Waals surface area (Å²) in [6, 6.07) is 17.4. The Bertz CT molecular complexity index is 1190. The maximum absolute atomic E-state index is 11.1. The first-order valence-electron chi connectivity index (χ1n) is 9.52. The van der Waals surface area contributed by atoms with Crippen molar-refractivity contribution in [3.05, 3.63) is 72.6 Å². The topological polar surface area (TPSA) is 76.4 Å². The second-order valence-corrected chi connectivity index (χ2v) is 7.79. The highest BCUT2D eigenvalue weighted by Gasteiger charge is 2.14. The fraction of sp³-hybridized carbons (Fsp3) is 0.130. The summed E-state index contributed by atoms with van der Waals surface area (Å²) < 4.78 is 2.03. The lowest BCUT2D eigenvalue weighted by atomic mass is 10.1. The van der Waals surface area contributed by atoms with Crippen LogP contribution in [0.2, 0.25) is 0 Å². The number of fused-ring (bicyclic) bond motifs is 1. The van der Waals surface area contributed by atoms with Crippen molar-refractivity contribution in [3.63, 3.8) is 0 Å². The van der Waals surface area contributed by atoms with Gasteiger partial charge in [-0.15, -0.1) is 11.8 Å². The fourth-order valence-corrected chi connectivity index (χ4v) is 3.97. The molecule has 0 aliphatic carbocycles. The van der Waals surface area contributed by atoms with Crippen LogP contribution in [0, 0.1) is 0 Å². The van der Waals surface area contributed by atoms with Crippen LogP contribution in [0.3, 0.4) is 0 Å². The van der Waals surface area contributed by atoms with Crippen LogP contribution in [-0.4, -0.2) is 38.9 Å². The van der Waals surface area contributed by atoms with E-state index >= 15 is 0 Å². The van der Waals surface area contributed by atoms with Gasteiger partial charge >= 0.3 is 0 Å². The molecule has 7 heteroatoms. The first kappa shape index (κ1) is 19.8. The van der Waals surface area contributed by atoms with Crippen LogP contribution in [0.25, 0.3) is 28.2 Å². The average Bonchev–Trinajstić information content (AvgIpc) is 3.21. The third-order valence-electron chi connectivity index (χ3n) is 4.59. The van der Waals surface area contributed by atoms with Gasteiger partial charge in [-0.2, -0.15) is 0 Å². The maximum atomic E-state index is 11.1. The van der Waals surface area contributed by atoms with E-state index in [1.54, 1.807) is 23.9 Å². The Morgan fingerprint density at radius 3 is 2.57 bits per heavy atom. The van der Waals surface area contributed by atoms with Crippen LogP contribution in [0.1, 0.15) is 17.3 Å². The van der Waals surface area contributed by atoms with E-state index in [2.05, 4.69) is 10.3 Å². The normalized spacial score (nSPS) is 10.8. The van der Waals surface area contributed by atoms with Crippen LogP contribution in [0.4, 0.5) is 0 Å². The molecule has 0 fully saturated rings. The molecule has 0 saturated carbocycles. The van der Waals surface area contributed by atoms with Gasteiger partial charge in [-0.05, 0) is 0 Å². The molecule has 2 heterocycles. The van der Waals surface area contributed by atoms with Crippen LogP contribution in [-0.2, 0) is 4.79 Å². The quantitative estimate of drug-likeness (QED) is 0.279. The van der Waals surface area contributed by atoms with Crippen LogP contribution in [0.5, 0.6) is 0 Å². The monoisotopic (exact) mass is 416 g/mol. The summed E-state index contributed by atoms with van der Waals surface area (Å²) in [5.41, 5.74) is 5.14. The first-order valence-corrected chi connectivity index (χ1v) is 10.5. The molecule has 2 aromatic heterocycles. The van der Waals surface area contributed by atoms with Crippen LogP contribution >= 0.6 is 11.8 Å². The SMILES string of the molecule is CC(=O)NCCSc1nc(-c2ccccc2)cn2c(-c3ccc(C=O)cc3)cnc12. The molecule has 0 saturated heterocycles. The van der Waals surface area contributed by atoms with Gasteiger partial charge in [0, 0.05) is 42.1 Å². The van der Waals surface area contributed by atoms with Gasteiger partial charge in [-0.1, -0.05) is 54.6 Å². The number of amides is 1. The molecule has 0 spiro atoms. The van der Waals surface area contributed by atoms with Crippen LogP contribution in [0.15, 0.2) is 72.0 Å². The molecule has 0 aliphatic rings. The van der Waals surface area contributed by atoms with E-state index in [4.69, 9.17) is 4.98 Å². The lowest BCUT2D eigenvalue weighted by Crippen LogP contribution is -2.22. The second kappa shape index (κ2) is 8.92. The van der Waals surface area contributed by atoms with E-state index in [-0.39, 0.29) is 5.91 Å². The predicted octanol–water partition coefficient (Wildman–Crippen LogP) is 4.10. The number of aldehydes is 1. The van der Waals surface area contributed by atoms with Gasteiger partial charge in [0.15, 0.2) is 5.65 Å². The van der Waals surface area contributed by atoms with Crippen molar-refractivity contribution in [2.75, 3.05) is 12.3 Å². The molecule has 1 N–H and O–H groups in total. The molecule has 1 amide bonds. The first-order chi connectivity index (χ1) is 14.7. The molecule has 4 aromatic rings. The lowest BCUT2D eigenvalue weighted by Gasteiger charge is -2.10. The average molecular weight is 417 g/mol. The predicted molar refractivity (Wildman–Crippen MR) is 119 cm³/mol. The summed E-state index contributed by atoms with van der Waals surface area (Å²) in [4.78, 5) is 31.6. The van der Waals surface area contributed by atoms with E-state index < -0.39 is 0 Å². The number of imidazole rings is 1. The second-order valence-electron chi connectivity index (χ2n) is 6.71. The van der Waals surface area contributed by atoms with Crippen molar-refractivity contribution in [1.82, 2.24) is 19.7 Å². The van der Waals surface area contributed by atoms with Gasteiger partial charge in [0.05, 0.1) is 17.6 Å². The number of rotatable bonds is 7. The molecule has 30 heavy (non-hydrogen) atoms. The molecular formula is C23H20N4O2S. The van der Waals surface area contributed by atoms with E-state index in [1.807, 2.05) is 59.3 Å². The van der Waals surface area contributed by atoms with Crippen molar-refractivity contribution in [2.24, 2.45) is 0 Å². The Morgan fingerprint density at radius 1 is 1.10 bits per heavy atom. The lowest BCUT2D eigenvalue weighted by molar-refractivity contribution is -0.118. The van der Waals surface area contributed by atoms with E-state index in [9.17, 15) is 9.59 Å². The highest BCUT2D eigenvalue weighted by Crippen LogP contribution is 2.29. The highest BCUT2D eigenvalue weighted by molar-refractivity contribution is 7.99. The molecule has 0 atom stereocenters. The number of aromatic nitrogens is 3. The summed E-state index contributed by atoms with van der Waals surface area (Å²) in [5.74, 6) is 0.644. The molecule has 0 aliphatic heterocycles. The zero-order valence-corrected chi connectivity index (χ0v) is 17.2. The summed E-state index contributed by atoms with van der Waals surface area (Å²) in [5, 5.41) is 3.61. The van der Waals surface area contributed by atoms with Crippen molar-refractivity contribution in [3.8, 4) is 22.5 Å². The highest BCUT2D eigenvalue weighted by atomic mass is 32.2. The van der Waals surface area contributed by atoms with Crippen molar-refractivity contribution >= 4 is 29.6 Å². The van der Waals surface area contributed by atoms with E-state index in [0.29, 0.717) is 17.9 Å². The van der Waals surface area contributed by atoms with Crippen molar-refractivity contribution in [1.29, 1.82) is 0 Å². The zero-order chi connectivity index (χ0) is 20.9. The largest absolute Gasteiger partial charge is 0.356 e. The summed E-state index contributed by atoms with van der Waals surface area (Å²) >= 11 is 1.56. The fourth-order valence-electron chi connectivity index (χ4n) is 3.13. The number of benzene rings is 2. The molecule has 0 radical (unpaired) electrons. The van der Waals surface area contributed by atoms with Crippen LogP contribution < -0.4 is 5.32 Å². The number of nitrogens with zero attached hydrogens (tertiary/aromatic N) is 3. The third kappa shape index (κ3) is 4.26. The minimum absolute atomic E-state index is 0.0476. The number of nitrogens with one attached hydrogen (secondary N) is 1. The molecule has 6 nitrogen and oxygen atoms in total. The van der Waals surface area contributed by atoms with Gasteiger partial charge in [0.25, 0.3) is 0 Å². The number of hydrogen-bond donors (Lipinski definition) is 1. The van der Waals surface area contributed by atoms with Gasteiger partial charge in [-0.3, -0.25) is 14.0 Å². The number of thioether (sulfide) groups is 1. The Morgan fingerprint density at radius 2 is 1.87 bits per heavy atom. The Labute approximate surface area is 178 Å². The van der Waals surface area contributed by atoms with E-state index in [0.717, 1.165) is 39.5 Å². The molecule has 0 bridgehead atoms.